The number of carbonyl (C=O) groups excluding carboxylic acids is 1. The number of hydrogen-bond acceptors (Lipinski definition) is 6. The SMILES string of the molecule is O=C(Cc1cc2cc(Cl)ccc2oc1=O)NC1CCN(Cc2ccc(OC3CCNCC3)c(Br)c2)CC1. The van der Waals surface area contributed by atoms with Crippen LogP contribution in [0.4, 0.5) is 0 Å². The average Bonchev–Trinajstić information content (AvgIpc) is 2.88. The van der Waals surface area contributed by atoms with Crippen LogP contribution >= 0.6 is 27.5 Å². The lowest BCUT2D eigenvalue weighted by atomic mass is 10.0. The van der Waals surface area contributed by atoms with Gasteiger partial charge >= 0.3 is 5.63 Å². The number of amides is 1. The van der Waals surface area contributed by atoms with E-state index in [1.165, 1.54) is 5.56 Å². The van der Waals surface area contributed by atoms with Gasteiger partial charge in [0.25, 0.3) is 0 Å². The molecule has 0 radical (unpaired) electrons. The predicted octanol–water partition coefficient (Wildman–Crippen LogP) is 4.66. The van der Waals surface area contributed by atoms with E-state index in [0.717, 1.165) is 68.6 Å². The van der Waals surface area contributed by atoms with E-state index in [-0.39, 0.29) is 24.5 Å². The number of carbonyl (C=O) groups is 1. The van der Waals surface area contributed by atoms with Gasteiger partial charge in [-0.05, 0) is 96.7 Å². The molecule has 0 spiro atoms. The third-order valence-electron chi connectivity index (χ3n) is 7.05. The summed E-state index contributed by atoms with van der Waals surface area (Å²) in [6.45, 7) is 4.66. The zero-order chi connectivity index (χ0) is 25.8. The first-order valence-electron chi connectivity index (χ1n) is 12.8. The highest BCUT2D eigenvalue weighted by molar-refractivity contribution is 9.10. The van der Waals surface area contributed by atoms with Gasteiger partial charge in [0.2, 0.25) is 5.91 Å². The third kappa shape index (κ3) is 6.93. The summed E-state index contributed by atoms with van der Waals surface area (Å²) < 4.78 is 12.5. The maximum Gasteiger partial charge on any atom is 0.339 e. The van der Waals surface area contributed by atoms with Gasteiger partial charge in [0.1, 0.15) is 17.4 Å². The summed E-state index contributed by atoms with van der Waals surface area (Å²) in [4.78, 5) is 27.4. The Morgan fingerprint density at radius 2 is 1.89 bits per heavy atom. The normalized spacial score (nSPS) is 17.7. The molecule has 1 aromatic heterocycles. The Morgan fingerprint density at radius 3 is 2.65 bits per heavy atom. The molecular formula is C28H31BrClN3O4. The van der Waals surface area contributed by atoms with E-state index in [1.54, 1.807) is 24.3 Å². The lowest BCUT2D eigenvalue weighted by Crippen LogP contribution is -2.45. The van der Waals surface area contributed by atoms with Crippen LogP contribution in [0.3, 0.4) is 0 Å². The number of nitrogens with one attached hydrogen (secondary N) is 2. The molecule has 196 valence electrons. The molecule has 37 heavy (non-hydrogen) atoms. The molecule has 2 aliphatic rings. The van der Waals surface area contributed by atoms with Crippen LogP contribution < -0.4 is 21.0 Å². The third-order valence-corrected chi connectivity index (χ3v) is 7.91. The molecule has 1 amide bonds. The Hall–Kier alpha value is -2.39. The number of nitrogens with zero attached hydrogens (tertiary/aromatic N) is 1. The summed E-state index contributed by atoms with van der Waals surface area (Å²) >= 11 is 9.73. The van der Waals surface area contributed by atoms with Crippen LogP contribution in [-0.2, 0) is 17.8 Å². The van der Waals surface area contributed by atoms with Crippen molar-refractivity contribution in [1.82, 2.24) is 15.5 Å². The summed E-state index contributed by atoms with van der Waals surface area (Å²) in [6.07, 6.45) is 4.06. The minimum absolute atomic E-state index is 0.00911. The van der Waals surface area contributed by atoms with E-state index >= 15 is 0 Å². The Bertz CT molecular complexity index is 1320. The van der Waals surface area contributed by atoms with Gasteiger partial charge in [0, 0.05) is 41.6 Å². The molecule has 2 saturated heterocycles. The Labute approximate surface area is 229 Å². The molecule has 2 aliphatic heterocycles. The first-order valence-corrected chi connectivity index (χ1v) is 14.0. The molecule has 0 saturated carbocycles. The van der Waals surface area contributed by atoms with Crippen LogP contribution in [0, 0.1) is 0 Å². The summed E-state index contributed by atoms with van der Waals surface area (Å²) in [6, 6.07) is 13.2. The Morgan fingerprint density at radius 1 is 1.11 bits per heavy atom. The molecule has 7 nitrogen and oxygen atoms in total. The zero-order valence-electron chi connectivity index (χ0n) is 20.6. The van der Waals surface area contributed by atoms with Crippen LogP contribution in [0.15, 0.2) is 56.1 Å². The number of benzene rings is 2. The lowest BCUT2D eigenvalue weighted by Gasteiger charge is -2.32. The second-order valence-electron chi connectivity index (χ2n) is 9.87. The van der Waals surface area contributed by atoms with Gasteiger partial charge in [-0.3, -0.25) is 9.69 Å². The first-order chi connectivity index (χ1) is 17.9. The van der Waals surface area contributed by atoms with Gasteiger partial charge in [-0.2, -0.15) is 0 Å². The van der Waals surface area contributed by atoms with Crippen molar-refractivity contribution in [1.29, 1.82) is 0 Å². The van der Waals surface area contributed by atoms with Crippen molar-refractivity contribution in [2.24, 2.45) is 0 Å². The zero-order valence-corrected chi connectivity index (χ0v) is 22.9. The van der Waals surface area contributed by atoms with Crippen LogP contribution in [0.2, 0.25) is 5.02 Å². The van der Waals surface area contributed by atoms with Crippen LogP contribution in [0.5, 0.6) is 5.75 Å². The van der Waals surface area contributed by atoms with Crippen molar-refractivity contribution >= 4 is 44.4 Å². The molecule has 3 aromatic rings. The fourth-order valence-corrected chi connectivity index (χ4v) is 5.74. The van der Waals surface area contributed by atoms with E-state index in [9.17, 15) is 9.59 Å². The van der Waals surface area contributed by atoms with Crippen molar-refractivity contribution in [2.75, 3.05) is 26.2 Å². The van der Waals surface area contributed by atoms with Gasteiger partial charge in [0.05, 0.1) is 10.9 Å². The summed E-state index contributed by atoms with van der Waals surface area (Å²) in [5.74, 6) is 0.737. The quantitative estimate of drug-likeness (QED) is 0.391. The monoisotopic (exact) mass is 587 g/mol. The van der Waals surface area contributed by atoms with Crippen molar-refractivity contribution in [3.8, 4) is 5.75 Å². The molecule has 5 rings (SSSR count). The number of ether oxygens (including phenoxy) is 1. The van der Waals surface area contributed by atoms with E-state index in [2.05, 4.69) is 49.7 Å². The van der Waals surface area contributed by atoms with Crippen molar-refractivity contribution in [2.45, 2.75) is 50.8 Å². The topological polar surface area (TPSA) is 83.8 Å². The molecule has 2 N–H and O–H groups in total. The predicted molar refractivity (Wildman–Crippen MR) is 148 cm³/mol. The minimum atomic E-state index is -0.488. The Kier molecular flexibility index (Phi) is 8.49. The molecule has 0 atom stereocenters. The molecule has 0 bridgehead atoms. The molecule has 9 heteroatoms. The maximum atomic E-state index is 12.7. The van der Waals surface area contributed by atoms with Gasteiger partial charge in [-0.1, -0.05) is 17.7 Å². The van der Waals surface area contributed by atoms with E-state index in [4.69, 9.17) is 20.8 Å². The molecule has 2 aromatic carbocycles. The number of likely N-dealkylation sites (tertiary alicyclic amines) is 1. The summed E-state index contributed by atoms with van der Waals surface area (Å²) in [7, 11) is 0. The second-order valence-corrected chi connectivity index (χ2v) is 11.2. The van der Waals surface area contributed by atoms with Crippen LogP contribution in [-0.4, -0.2) is 49.1 Å². The number of hydrogen-bond donors (Lipinski definition) is 2. The number of rotatable bonds is 7. The summed E-state index contributed by atoms with van der Waals surface area (Å²) in [5, 5.41) is 7.72. The highest BCUT2D eigenvalue weighted by Crippen LogP contribution is 2.29. The molecular weight excluding hydrogens is 558 g/mol. The first kappa shape index (κ1) is 26.2. The van der Waals surface area contributed by atoms with Crippen molar-refractivity contribution in [3.63, 3.8) is 0 Å². The second kappa shape index (κ2) is 12.0. The molecule has 3 heterocycles. The minimum Gasteiger partial charge on any atom is -0.489 e. The molecule has 2 fully saturated rings. The van der Waals surface area contributed by atoms with Crippen molar-refractivity contribution < 1.29 is 13.9 Å². The fraction of sp³-hybridized carbons (Fsp3) is 0.429. The molecule has 0 unspecified atom stereocenters. The highest BCUT2D eigenvalue weighted by atomic mass is 79.9. The van der Waals surface area contributed by atoms with Gasteiger partial charge < -0.3 is 19.8 Å². The fourth-order valence-electron chi connectivity index (χ4n) is 5.04. The number of fused-ring (bicyclic) bond motifs is 1. The van der Waals surface area contributed by atoms with Crippen LogP contribution in [0.1, 0.15) is 36.8 Å². The number of piperidine rings is 2. The Balaban J connectivity index is 1.10. The average molecular weight is 589 g/mol. The largest absolute Gasteiger partial charge is 0.489 e. The summed E-state index contributed by atoms with van der Waals surface area (Å²) in [5.41, 5.74) is 1.54. The standard InChI is InChI=1S/C28H31BrClN3O4/c29-24-13-18(1-3-26(24)36-23-5-9-31-10-6-23)17-33-11-7-22(8-12-33)32-27(34)16-20-14-19-15-21(30)2-4-25(19)37-28(20)35/h1-4,13-15,22-23,31H,5-12,16-17H2,(H,32,34). The van der Waals surface area contributed by atoms with Gasteiger partial charge in [-0.15, -0.1) is 0 Å². The number of halogens is 2. The van der Waals surface area contributed by atoms with Crippen LogP contribution in [0.25, 0.3) is 11.0 Å². The molecule has 0 aliphatic carbocycles. The smallest absolute Gasteiger partial charge is 0.339 e. The van der Waals surface area contributed by atoms with Gasteiger partial charge in [-0.25, -0.2) is 4.79 Å². The van der Waals surface area contributed by atoms with E-state index < -0.39 is 5.63 Å². The lowest BCUT2D eigenvalue weighted by molar-refractivity contribution is -0.121. The van der Waals surface area contributed by atoms with E-state index in [1.807, 2.05) is 0 Å². The maximum absolute atomic E-state index is 12.7. The van der Waals surface area contributed by atoms with Crippen molar-refractivity contribution in [3.05, 3.63) is 73.5 Å². The van der Waals surface area contributed by atoms with Gasteiger partial charge in [0.15, 0.2) is 0 Å². The highest BCUT2D eigenvalue weighted by Gasteiger charge is 2.22. The van der Waals surface area contributed by atoms with E-state index in [0.29, 0.717) is 21.6 Å².